The largest absolute Gasteiger partial charge is 0.508 e. The van der Waals surface area contributed by atoms with E-state index in [2.05, 4.69) is 0 Å². The van der Waals surface area contributed by atoms with Gasteiger partial charge in [0.2, 0.25) is 5.78 Å². The molecule has 1 aromatic rings. The fourth-order valence-corrected chi connectivity index (χ4v) is 5.55. The molecule has 1 amide bonds. The SMILES string of the molecule is CN(C)[C@H]1C(=O)C(C(N)=O)=C(O)[C@]2(O)C(=O)C3=C(O)c4c(O)ccc(/C=C/C#N)c4C[C@H]3C[C@H]12. The molecule has 1 saturated carbocycles. The molecule has 0 radical (unpaired) electrons. The van der Waals surface area contributed by atoms with Crippen molar-refractivity contribution in [3.63, 3.8) is 0 Å². The molecule has 1 aromatic carbocycles. The molecular weight excluding hydrogens is 442 g/mol. The highest BCUT2D eigenvalue weighted by Gasteiger charge is 2.64. The van der Waals surface area contributed by atoms with Crippen molar-refractivity contribution in [2.75, 3.05) is 14.1 Å². The number of aliphatic hydroxyl groups excluding tert-OH is 2. The Morgan fingerprint density at radius 3 is 2.53 bits per heavy atom. The van der Waals surface area contributed by atoms with E-state index < -0.39 is 58.0 Å². The highest BCUT2D eigenvalue weighted by molar-refractivity contribution is 6.24. The third-order valence-corrected chi connectivity index (χ3v) is 6.98. The van der Waals surface area contributed by atoms with Crippen molar-refractivity contribution in [2.45, 2.75) is 24.5 Å². The number of benzene rings is 1. The molecule has 0 bridgehead atoms. The monoisotopic (exact) mass is 465 g/mol. The Labute approximate surface area is 194 Å². The lowest BCUT2D eigenvalue weighted by molar-refractivity contribution is -0.153. The number of primary amides is 1. The summed E-state index contributed by atoms with van der Waals surface area (Å²) >= 11 is 0. The molecule has 0 heterocycles. The Morgan fingerprint density at radius 1 is 1.26 bits per heavy atom. The van der Waals surface area contributed by atoms with Crippen molar-refractivity contribution >= 4 is 29.3 Å². The van der Waals surface area contributed by atoms with E-state index in [1.165, 1.54) is 37.2 Å². The number of nitrogens with zero attached hydrogens (tertiary/aromatic N) is 2. The molecule has 4 rings (SSSR count). The van der Waals surface area contributed by atoms with Crippen LogP contribution < -0.4 is 5.73 Å². The molecule has 0 saturated heterocycles. The number of allylic oxidation sites excluding steroid dienone is 1. The van der Waals surface area contributed by atoms with Gasteiger partial charge >= 0.3 is 0 Å². The lowest BCUT2D eigenvalue weighted by Gasteiger charge is -2.50. The number of Topliss-reactive ketones (excluding diaryl/α,β-unsaturated/α-hetero) is 2. The van der Waals surface area contributed by atoms with Gasteiger partial charge < -0.3 is 26.2 Å². The van der Waals surface area contributed by atoms with Gasteiger partial charge in [-0.3, -0.25) is 19.3 Å². The number of amides is 1. The van der Waals surface area contributed by atoms with Gasteiger partial charge in [-0.05, 0) is 56.1 Å². The summed E-state index contributed by atoms with van der Waals surface area (Å²) in [5, 5.41) is 52.7. The maximum absolute atomic E-state index is 13.7. The molecule has 4 atom stereocenters. The topological polar surface area (TPSA) is 185 Å². The Hall–Kier alpha value is -3.94. The van der Waals surface area contributed by atoms with Crippen molar-refractivity contribution < 1.29 is 34.8 Å². The summed E-state index contributed by atoms with van der Waals surface area (Å²) in [5.74, 6) is -6.96. The van der Waals surface area contributed by atoms with Gasteiger partial charge in [0.05, 0.1) is 17.7 Å². The highest BCUT2D eigenvalue weighted by atomic mass is 16.3. The zero-order chi connectivity index (χ0) is 25.1. The minimum absolute atomic E-state index is 0.00280. The van der Waals surface area contributed by atoms with E-state index in [4.69, 9.17) is 11.0 Å². The second-order valence-corrected chi connectivity index (χ2v) is 8.95. The van der Waals surface area contributed by atoms with Crippen molar-refractivity contribution in [3.05, 3.63) is 51.8 Å². The summed E-state index contributed by atoms with van der Waals surface area (Å²) in [6.07, 6.45) is 2.92. The molecule has 3 aliphatic carbocycles. The van der Waals surface area contributed by atoms with Crippen molar-refractivity contribution in [1.29, 1.82) is 5.26 Å². The van der Waals surface area contributed by atoms with E-state index in [0.29, 0.717) is 11.1 Å². The van der Waals surface area contributed by atoms with Crippen LogP contribution in [0.25, 0.3) is 11.8 Å². The summed E-state index contributed by atoms with van der Waals surface area (Å²) in [6.45, 7) is 0. The molecule has 0 unspecified atom stereocenters. The van der Waals surface area contributed by atoms with Crippen LogP contribution in [0.1, 0.15) is 23.1 Å². The molecule has 0 aromatic heterocycles. The Bertz CT molecular complexity index is 1280. The number of hydrogen-bond donors (Lipinski definition) is 5. The first-order valence-corrected chi connectivity index (χ1v) is 10.5. The third-order valence-electron chi connectivity index (χ3n) is 6.98. The van der Waals surface area contributed by atoms with Crippen LogP contribution in [0.5, 0.6) is 5.75 Å². The summed E-state index contributed by atoms with van der Waals surface area (Å²) in [6, 6.07) is 3.62. The molecule has 10 nitrogen and oxygen atoms in total. The van der Waals surface area contributed by atoms with E-state index in [-0.39, 0.29) is 29.7 Å². The summed E-state index contributed by atoms with van der Waals surface area (Å²) in [4.78, 5) is 40.1. The zero-order valence-corrected chi connectivity index (χ0v) is 18.4. The number of likely N-dealkylation sites (N-methyl/N-ethyl adjacent to an activating group) is 1. The third kappa shape index (κ3) is 2.98. The molecule has 34 heavy (non-hydrogen) atoms. The molecule has 1 fully saturated rings. The van der Waals surface area contributed by atoms with Gasteiger partial charge in [-0.15, -0.1) is 0 Å². The molecular formula is C24H23N3O7. The van der Waals surface area contributed by atoms with Crippen molar-refractivity contribution in [3.8, 4) is 11.8 Å². The number of aromatic hydroxyl groups is 1. The normalized spacial score (nSPS) is 28.6. The molecule has 0 aliphatic heterocycles. The van der Waals surface area contributed by atoms with E-state index in [1.807, 2.05) is 6.07 Å². The number of rotatable bonds is 3. The first kappa shape index (κ1) is 23.2. The van der Waals surface area contributed by atoms with Crippen LogP contribution in [0, 0.1) is 23.2 Å². The molecule has 3 aliphatic rings. The quantitative estimate of drug-likeness (QED) is 0.313. The highest BCUT2D eigenvalue weighted by Crippen LogP contribution is 2.52. The maximum Gasteiger partial charge on any atom is 0.255 e. The molecule has 10 heteroatoms. The minimum Gasteiger partial charge on any atom is -0.508 e. The summed E-state index contributed by atoms with van der Waals surface area (Å²) < 4.78 is 0. The average Bonchev–Trinajstić information content (AvgIpc) is 2.75. The average molecular weight is 465 g/mol. The smallest absolute Gasteiger partial charge is 0.255 e. The number of phenols is 1. The van der Waals surface area contributed by atoms with Crippen molar-refractivity contribution in [1.82, 2.24) is 4.90 Å². The summed E-state index contributed by atoms with van der Waals surface area (Å²) in [7, 11) is 3.08. The number of nitrogens with two attached hydrogens (primary N) is 1. The second-order valence-electron chi connectivity index (χ2n) is 8.95. The number of hydrogen-bond acceptors (Lipinski definition) is 9. The molecule has 6 N–H and O–H groups in total. The van der Waals surface area contributed by atoms with Crippen molar-refractivity contribution in [2.24, 2.45) is 17.6 Å². The zero-order valence-electron chi connectivity index (χ0n) is 18.4. The Kier molecular flexibility index (Phi) is 5.35. The van der Waals surface area contributed by atoms with Gasteiger partial charge in [-0.25, -0.2) is 0 Å². The lowest BCUT2D eigenvalue weighted by Crippen LogP contribution is -2.65. The first-order valence-electron chi connectivity index (χ1n) is 10.5. The fourth-order valence-electron chi connectivity index (χ4n) is 5.55. The van der Waals surface area contributed by atoms with Crippen LogP contribution in [0.4, 0.5) is 0 Å². The number of fused-ring (bicyclic) bond motifs is 3. The van der Waals surface area contributed by atoms with Crippen LogP contribution in [0.2, 0.25) is 0 Å². The van der Waals surface area contributed by atoms with Gasteiger partial charge in [0.15, 0.2) is 11.4 Å². The number of carbonyl (C=O) groups excluding carboxylic acids is 3. The maximum atomic E-state index is 13.7. The second kappa shape index (κ2) is 7.83. The van der Waals surface area contributed by atoms with E-state index in [1.54, 1.807) is 6.07 Å². The van der Waals surface area contributed by atoms with E-state index >= 15 is 0 Å². The van der Waals surface area contributed by atoms with Crippen LogP contribution in [-0.4, -0.2) is 68.5 Å². The van der Waals surface area contributed by atoms with Crippen LogP contribution in [0.3, 0.4) is 0 Å². The van der Waals surface area contributed by atoms with Gasteiger partial charge in [-0.1, -0.05) is 6.07 Å². The van der Waals surface area contributed by atoms with Gasteiger partial charge in [-0.2, -0.15) is 5.26 Å². The van der Waals surface area contributed by atoms with E-state index in [0.717, 1.165) is 0 Å². The summed E-state index contributed by atoms with van der Waals surface area (Å²) in [5.41, 5.74) is 2.58. The van der Waals surface area contributed by atoms with Gasteiger partial charge in [0.1, 0.15) is 22.8 Å². The standard InChI is InChI=1S/C24H23N3O7/c1-27(2)18-13-9-11-8-12-10(4-3-7-25)5-6-14(28)16(12)19(29)15(11)21(31)24(13,34)22(32)17(20(18)30)23(26)33/h3-6,11,13,18,28-29,32,34H,8-9H2,1-2H3,(H2,26,33)/b4-3+/t11-,13+,18+,24+/m0/s1. The Morgan fingerprint density at radius 2 is 1.94 bits per heavy atom. The lowest BCUT2D eigenvalue weighted by atomic mass is 9.57. The van der Waals surface area contributed by atoms with Gasteiger partial charge in [0, 0.05) is 17.6 Å². The van der Waals surface area contributed by atoms with Gasteiger partial charge in [0.25, 0.3) is 5.91 Å². The van der Waals surface area contributed by atoms with E-state index in [9.17, 15) is 34.8 Å². The molecule has 176 valence electrons. The number of carbonyl (C=O) groups is 3. The molecule has 0 spiro atoms. The predicted molar refractivity (Wildman–Crippen MR) is 119 cm³/mol. The minimum atomic E-state index is -2.67. The predicted octanol–water partition coefficient (Wildman–Crippen LogP) is 0.501. The number of aliphatic hydroxyl groups is 3. The number of nitriles is 1. The van der Waals surface area contributed by atoms with Crippen LogP contribution >= 0.6 is 0 Å². The number of ketones is 2. The number of phenolic OH excluding ortho intramolecular Hbond substituents is 1. The fraction of sp³-hybridized carbons (Fsp3) is 0.333. The van der Waals surface area contributed by atoms with Crippen LogP contribution in [-0.2, 0) is 20.8 Å². The van der Waals surface area contributed by atoms with Crippen LogP contribution in [0.15, 0.2) is 35.1 Å². The Balaban J connectivity index is 1.98. The first-order chi connectivity index (χ1) is 16.0.